The Kier molecular flexibility index (Phi) is 4.93. The summed E-state index contributed by atoms with van der Waals surface area (Å²) in [7, 11) is 0. The average molecular weight is 281 g/mol. The molecule has 7 nitrogen and oxygen atoms in total. The zero-order valence-corrected chi connectivity index (χ0v) is 11.2. The van der Waals surface area contributed by atoms with Gasteiger partial charge in [0.05, 0.1) is 11.5 Å². The fourth-order valence-corrected chi connectivity index (χ4v) is 1.76. The van der Waals surface area contributed by atoms with Crippen LogP contribution in [-0.2, 0) is 19.9 Å². The van der Waals surface area contributed by atoms with Crippen LogP contribution in [0, 0.1) is 10.1 Å². The summed E-state index contributed by atoms with van der Waals surface area (Å²) in [5.74, 6) is -1.36. The fraction of sp³-hybridized carbons (Fsp3) is 0.385. The van der Waals surface area contributed by atoms with Crippen LogP contribution < -0.4 is 0 Å². The number of hydrogen-bond acceptors (Lipinski definition) is 6. The van der Waals surface area contributed by atoms with Gasteiger partial charge in [-0.25, -0.2) is 4.79 Å². The highest BCUT2D eigenvalue weighted by Gasteiger charge is 2.41. The molecule has 0 aromatic heterocycles. The maximum Gasteiger partial charge on any atom is 0.343 e. The lowest BCUT2D eigenvalue weighted by atomic mass is 9.89. The van der Waals surface area contributed by atoms with Gasteiger partial charge in [-0.3, -0.25) is 14.9 Å². The molecule has 0 spiro atoms. The molecule has 1 rings (SSSR count). The van der Waals surface area contributed by atoms with Crippen LogP contribution in [0.4, 0.5) is 5.69 Å². The molecule has 0 amide bonds. The van der Waals surface area contributed by atoms with Gasteiger partial charge < -0.3 is 9.84 Å². The number of ether oxygens (including phenoxy) is 1. The first-order chi connectivity index (χ1) is 9.31. The van der Waals surface area contributed by atoms with Crippen LogP contribution in [0.2, 0.25) is 0 Å². The van der Waals surface area contributed by atoms with Crippen molar-refractivity contribution in [3.63, 3.8) is 0 Å². The largest absolute Gasteiger partial charge is 0.464 e. The van der Waals surface area contributed by atoms with Gasteiger partial charge in [0.1, 0.15) is 5.78 Å². The molecule has 0 heterocycles. The summed E-state index contributed by atoms with van der Waals surface area (Å²) in [6.45, 7) is 2.85. The van der Waals surface area contributed by atoms with Gasteiger partial charge in [-0.1, -0.05) is 0 Å². The van der Waals surface area contributed by atoms with Crippen LogP contribution in [0.5, 0.6) is 0 Å². The minimum atomic E-state index is -2.13. The number of esters is 1. The summed E-state index contributed by atoms with van der Waals surface area (Å²) in [5, 5.41) is 21.0. The summed E-state index contributed by atoms with van der Waals surface area (Å²) in [5.41, 5.74) is -2.23. The van der Waals surface area contributed by atoms with Crippen molar-refractivity contribution in [2.75, 3.05) is 6.61 Å². The van der Waals surface area contributed by atoms with Crippen molar-refractivity contribution in [1.29, 1.82) is 0 Å². The number of carbonyl (C=O) groups excluding carboxylic acids is 2. The number of carbonyl (C=O) groups is 2. The summed E-state index contributed by atoms with van der Waals surface area (Å²) in [6, 6.07) is 4.77. The quantitative estimate of drug-likeness (QED) is 0.479. The minimum Gasteiger partial charge on any atom is -0.464 e. The second-order valence-corrected chi connectivity index (χ2v) is 4.26. The molecule has 0 bridgehead atoms. The number of rotatable bonds is 6. The molecule has 0 saturated carbocycles. The molecule has 108 valence electrons. The number of nitro benzene ring substituents is 1. The molecule has 0 unspecified atom stereocenters. The highest BCUT2D eigenvalue weighted by Crippen LogP contribution is 2.28. The van der Waals surface area contributed by atoms with Gasteiger partial charge >= 0.3 is 5.97 Å². The van der Waals surface area contributed by atoms with E-state index in [-0.39, 0.29) is 17.9 Å². The first-order valence-electron chi connectivity index (χ1n) is 5.95. The van der Waals surface area contributed by atoms with E-state index < -0.39 is 28.7 Å². The molecule has 1 N–H and O–H groups in total. The van der Waals surface area contributed by atoms with Gasteiger partial charge in [-0.15, -0.1) is 0 Å². The molecule has 0 aliphatic heterocycles. The molecule has 0 saturated heterocycles. The Balaban J connectivity index is 3.19. The summed E-state index contributed by atoms with van der Waals surface area (Å²) in [6.07, 6.45) is -0.455. The number of benzene rings is 1. The van der Waals surface area contributed by atoms with Gasteiger partial charge in [0, 0.05) is 18.6 Å². The highest BCUT2D eigenvalue weighted by molar-refractivity contribution is 5.88. The third-order valence-electron chi connectivity index (χ3n) is 2.67. The molecule has 0 fully saturated rings. The Morgan fingerprint density at radius 3 is 2.30 bits per heavy atom. The summed E-state index contributed by atoms with van der Waals surface area (Å²) in [4.78, 5) is 33.1. The number of aliphatic hydroxyl groups is 1. The molecule has 0 aliphatic rings. The van der Waals surface area contributed by atoms with Crippen molar-refractivity contribution in [2.24, 2.45) is 0 Å². The number of nitro groups is 1. The Morgan fingerprint density at radius 2 is 1.90 bits per heavy atom. The summed E-state index contributed by atoms with van der Waals surface area (Å²) >= 11 is 0. The molecule has 1 aromatic carbocycles. The van der Waals surface area contributed by atoms with Gasteiger partial charge in [0.15, 0.2) is 5.60 Å². The van der Waals surface area contributed by atoms with E-state index in [4.69, 9.17) is 4.74 Å². The molecule has 1 aromatic rings. The lowest BCUT2D eigenvalue weighted by Gasteiger charge is -2.25. The molecule has 20 heavy (non-hydrogen) atoms. The number of ketones is 1. The van der Waals surface area contributed by atoms with E-state index in [9.17, 15) is 24.8 Å². The van der Waals surface area contributed by atoms with E-state index in [1.54, 1.807) is 6.92 Å². The molecule has 0 aliphatic carbocycles. The van der Waals surface area contributed by atoms with E-state index in [0.717, 1.165) is 12.1 Å². The highest BCUT2D eigenvalue weighted by atomic mass is 16.6. The number of Topliss-reactive ketones (excluding diaryl/α,β-unsaturated/α-hetero) is 1. The van der Waals surface area contributed by atoms with Gasteiger partial charge in [-0.2, -0.15) is 0 Å². The first-order valence-corrected chi connectivity index (χ1v) is 5.95. The molecule has 0 radical (unpaired) electrons. The predicted molar refractivity (Wildman–Crippen MR) is 68.9 cm³/mol. The zero-order valence-electron chi connectivity index (χ0n) is 11.2. The molecular formula is C13H15NO6. The maximum atomic E-state index is 11.9. The SMILES string of the molecule is CCOC(=O)[C@@](O)(CC(C)=O)c1ccc([N+](=O)[O-])cc1. The Labute approximate surface area is 115 Å². The maximum absolute atomic E-state index is 11.9. The van der Waals surface area contributed by atoms with E-state index in [2.05, 4.69) is 0 Å². The van der Waals surface area contributed by atoms with Crippen LogP contribution >= 0.6 is 0 Å². The number of hydrogen-bond donors (Lipinski definition) is 1. The second kappa shape index (κ2) is 6.25. The van der Waals surface area contributed by atoms with Crippen molar-refractivity contribution in [3.8, 4) is 0 Å². The van der Waals surface area contributed by atoms with E-state index in [1.165, 1.54) is 19.1 Å². The van der Waals surface area contributed by atoms with Gasteiger partial charge in [0.25, 0.3) is 5.69 Å². The van der Waals surface area contributed by atoms with E-state index >= 15 is 0 Å². The zero-order chi connectivity index (χ0) is 15.3. The van der Waals surface area contributed by atoms with Crippen molar-refractivity contribution in [1.82, 2.24) is 0 Å². The third-order valence-corrected chi connectivity index (χ3v) is 2.67. The normalized spacial score (nSPS) is 13.3. The minimum absolute atomic E-state index is 0.0476. The van der Waals surface area contributed by atoms with Crippen LogP contribution in [0.1, 0.15) is 25.8 Å². The number of non-ortho nitro benzene ring substituents is 1. The Hall–Kier alpha value is -2.28. The average Bonchev–Trinajstić information content (AvgIpc) is 2.38. The van der Waals surface area contributed by atoms with Crippen LogP contribution in [0.15, 0.2) is 24.3 Å². The fourth-order valence-electron chi connectivity index (χ4n) is 1.76. The standard InChI is InChI=1S/C13H15NO6/c1-3-20-12(16)13(17,8-9(2)15)10-4-6-11(7-5-10)14(18)19/h4-7,17H,3,8H2,1-2H3/t13-/m1/s1. The lowest BCUT2D eigenvalue weighted by molar-refractivity contribution is -0.384. The van der Waals surface area contributed by atoms with Crippen LogP contribution in [-0.4, -0.2) is 28.4 Å². The van der Waals surface area contributed by atoms with Crippen molar-refractivity contribution >= 4 is 17.4 Å². The molecular weight excluding hydrogens is 266 g/mol. The summed E-state index contributed by atoms with van der Waals surface area (Å²) < 4.78 is 4.76. The van der Waals surface area contributed by atoms with Crippen LogP contribution in [0.3, 0.4) is 0 Å². The topological polar surface area (TPSA) is 107 Å². The number of nitrogens with zero attached hydrogens (tertiary/aromatic N) is 1. The Bertz CT molecular complexity index is 524. The van der Waals surface area contributed by atoms with E-state index in [0.29, 0.717) is 0 Å². The molecule has 7 heteroatoms. The smallest absolute Gasteiger partial charge is 0.343 e. The van der Waals surface area contributed by atoms with E-state index in [1.807, 2.05) is 0 Å². The van der Waals surface area contributed by atoms with Crippen LogP contribution in [0.25, 0.3) is 0 Å². The molecule has 1 atom stereocenters. The van der Waals surface area contributed by atoms with Gasteiger partial charge in [-0.05, 0) is 31.5 Å². The lowest BCUT2D eigenvalue weighted by Crippen LogP contribution is -2.39. The van der Waals surface area contributed by atoms with Crippen molar-refractivity contribution in [2.45, 2.75) is 25.9 Å². The Morgan fingerprint density at radius 1 is 1.35 bits per heavy atom. The van der Waals surface area contributed by atoms with Crippen molar-refractivity contribution < 1.29 is 24.4 Å². The monoisotopic (exact) mass is 281 g/mol. The van der Waals surface area contributed by atoms with Gasteiger partial charge in [0.2, 0.25) is 0 Å². The second-order valence-electron chi connectivity index (χ2n) is 4.26. The first kappa shape index (κ1) is 15.8. The predicted octanol–water partition coefficient (Wildman–Crippen LogP) is 1.32. The van der Waals surface area contributed by atoms with Crippen molar-refractivity contribution in [3.05, 3.63) is 39.9 Å². The third kappa shape index (κ3) is 3.39.